The van der Waals surface area contributed by atoms with E-state index in [1.54, 1.807) is 12.1 Å². The van der Waals surface area contributed by atoms with Gasteiger partial charge in [0.25, 0.3) is 5.69 Å². The fourth-order valence-corrected chi connectivity index (χ4v) is 3.81. The Morgan fingerprint density at radius 3 is 2.44 bits per heavy atom. The maximum atomic E-state index is 11.0. The minimum Gasteiger partial charge on any atom is -0.491 e. The summed E-state index contributed by atoms with van der Waals surface area (Å²) in [7, 11) is 2.18. The van der Waals surface area contributed by atoms with Gasteiger partial charge in [-0.1, -0.05) is 0 Å². The van der Waals surface area contributed by atoms with Crippen molar-refractivity contribution in [2.24, 2.45) is 0 Å². The Hall–Kier alpha value is -1.86. The third kappa shape index (κ3) is 4.22. The van der Waals surface area contributed by atoms with Crippen LogP contribution in [0, 0.1) is 10.1 Å². The molecular formula is C18H28N4O3. The highest BCUT2D eigenvalue weighted by Crippen LogP contribution is 2.34. The number of ether oxygens (including phenoxy) is 1. The molecule has 0 aliphatic carbocycles. The number of nitrogens with zero attached hydrogens (tertiary/aromatic N) is 4. The molecule has 0 atom stereocenters. The highest BCUT2D eigenvalue weighted by molar-refractivity contribution is 5.62. The molecule has 1 aromatic rings. The lowest BCUT2D eigenvalue weighted by atomic mass is 10.0. The number of non-ortho nitro benzene ring substituents is 1. The molecule has 0 radical (unpaired) electrons. The van der Waals surface area contributed by atoms with Crippen molar-refractivity contribution < 1.29 is 9.66 Å². The van der Waals surface area contributed by atoms with Crippen LogP contribution in [0.15, 0.2) is 18.2 Å². The first-order valence-corrected chi connectivity index (χ1v) is 9.17. The summed E-state index contributed by atoms with van der Waals surface area (Å²) < 4.78 is 5.67. The Bertz CT molecular complexity index is 594. The van der Waals surface area contributed by atoms with Crippen molar-refractivity contribution in [2.45, 2.75) is 25.8 Å². The van der Waals surface area contributed by atoms with Gasteiger partial charge in [-0.15, -0.1) is 0 Å². The number of nitro groups is 1. The molecule has 0 amide bonds. The van der Waals surface area contributed by atoms with Crippen molar-refractivity contribution in [1.29, 1.82) is 0 Å². The Kier molecular flexibility index (Phi) is 5.75. The maximum Gasteiger partial charge on any atom is 0.273 e. The monoisotopic (exact) mass is 348 g/mol. The zero-order chi connectivity index (χ0) is 17.8. The molecule has 0 bridgehead atoms. The number of piperazine rings is 1. The van der Waals surface area contributed by atoms with Crippen molar-refractivity contribution >= 4 is 11.4 Å². The van der Waals surface area contributed by atoms with Crippen molar-refractivity contribution in [1.82, 2.24) is 9.80 Å². The Balaban J connectivity index is 1.65. The highest BCUT2D eigenvalue weighted by atomic mass is 16.6. The van der Waals surface area contributed by atoms with E-state index in [4.69, 9.17) is 4.74 Å². The van der Waals surface area contributed by atoms with Crippen LogP contribution < -0.4 is 9.64 Å². The molecule has 2 aliphatic rings. The molecule has 138 valence electrons. The summed E-state index contributed by atoms with van der Waals surface area (Å²) in [6.07, 6.45) is 2.26. The summed E-state index contributed by atoms with van der Waals surface area (Å²) in [5.41, 5.74) is 1.06. The molecule has 0 unspecified atom stereocenters. The van der Waals surface area contributed by atoms with Gasteiger partial charge in [-0.3, -0.25) is 15.0 Å². The number of rotatable bonds is 5. The van der Waals surface area contributed by atoms with Crippen LogP contribution in [-0.2, 0) is 0 Å². The average molecular weight is 348 g/mol. The van der Waals surface area contributed by atoms with Crippen molar-refractivity contribution in [2.75, 3.05) is 57.8 Å². The molecule has 2 saturated heterocycles. The SMILES string of the molecule is CCOc1cc([N+](=O)[O-])ccc1N1CCC(N2CCN(C)CC2)CC1. The quantitative estimate of drug-likeness (QED) is 0.601. The fraction of sp³-hybridized carbons (Fsp3) is 0.667. The molecule has 0 spiro atoms. The average Bonchev–Trinajstić information content (AvgIpc) is 2.63. The van der Waals surface area contributed by atoms with E-state index in [1.807, 2.05) is 13.0 Å². The minimum atomic E-state index is -0.369. The summed E-state index contributed by atoms with van der Waals surface area (Å²) in [5, 5.41) is 11.0. The van der Waals surface area contributed by atoms with Crippen LogP contribution in [0.3, 0.4) is 0 Å². The van der Waals surface area contributed by atoms with E-state index in [-0.39, 0.29) is 10.6 Å². The van der Waals surface area contributed by atoms with E-state index in [9.17, 15) is 10.1 Å². The second-order valence-corrected chi connectivity index (χ2v) is 6.90. The lowest BCUT2D eigenvalue weighted by molar-refractivity contribution is -0.384. The van der Waals surface area contributed by atoms with Crippen LogP contribution in [0.1, 0.15) is 19.8 Å². The van der Waals surface area contributed by atoms with Crippen molar-refractivity contribution in [3.05, 3.63) is 28.3 Å². The van der Waals surface area contributed by atoms with Gasteiger partial charge in [-0.2, -0.15) is 0 Å². The van der Waals surface area contributed by atoms with Gasteiger partial charge >= 0.3 is 0 Å². The first kappa shape index (κ1) is 17.9. The van der Waals surface area contributed by atoms with E-state index in [0.29, 0.717) is 18.4 Å². The summed E-state index contributed by atoms with van der Waals surface area (Å²) >= 11 is 0. The summed E-state index contributed by atoms with van der Waals surface area (Å²) in [4.78, 5) is 18.0. The molecule has 7 nitrogen and oxygen atoms in total. The molecule has 0 aromatic heterocycles. The van der Waals surface area contributed by atoms with E-state index in [2.05, 4.69) is 21.7 Å². The largest absolute Gasteiger partial charge is 0.491 e. The van der Waals surface area contributed by atoms with Crippen LogP contribution in [0.25, 0.3) is 0 Å². The lowest BCUT2D eigenvalue weighted by Gasteiger charge is -2.42. The van der Waals surface area contributed by atoms with Crippen molar-refractivity contribution in [3.63, 3.8) is 0 Å². The number of hydrogen-bond donors (Lipinski definition) is 0. The first-order chi connectivity index (χ1) is 12.1. The molecule has 0 N–H and O–H groups in total. The normalized spacial score (nSPS) is 20.6. The number of hydrogen-bond acceptors (Lipinski definition) is 6. The standard InChI is InChI=1S/C18H28N4O3/c1-3-25-18-14-16(22(23)24)4-5-17(18)21-8-6-15(7-9-21)20-12-10-19(2)11-13-20/h4-5,14-15H,3,6-13H2,1-2H3. The number of piperidine rings is 1. The van der Waals surface area contributed by atoms with Crippen molar-refractivity contribution in [3.8, 4) is 5.75 Å². The van der Waals surface area contributed by atoms with Gasteiger partial charge in [0.2, 0.25) is 0 Å². The van der Waals surface area contributed by atoms with Crippen LogP contribution in [0.4, 0.5) is 11.4 Å². The fourth-order valence-electron chi connectivity index (χ4n) is 3.81. The second kappa shape index (κ2) is 8.01. The third-order valence-electron chi connectivity index (χ3n) is 5.31. The smallest absolute Gasteiger partial charge is 0.273 e. The third-order valence-corrected chi connectivity index (χ3v) is 5.31. The van der Waals surface area contributed by atoms with Crippen LogP contribution in [0.2, 0.25) is 0 Å². The van der Waals surface area contributed by atoms with E-state index in [1.165, 1.54) is 0 Å². The molecule has 0 saturated carbocycles. The molecule has 1 aromatic carbocycles. The molecule has 2 heterocycles. The van der Waals surface area contributed by atoms with Gasteiger partial charge in [0.05, 0.1) is 23.3 Å². The molecule has 7 heteroatoms. The van der Waals surface area contributed by atoms with Crippen LogP contribution in [0.5, 0.6) is 5.75 Å². The number of nitro benzene ring substituents is 1. The first-order valence-electron chi connectivity index (χ1n) is 9.17. The number of likely N-dealkylation sites (N-methyl/N-ethyl adjacent to an activating group) is 1. The van der Waals surface area contributed by atoms with Gasteiger partial charge in [0.15, 0.2) is 0 Å². The summed E-state index contributed by atoms with van der Waals surface area (Å²) in [6.45, 7) is 8.96. The van der Waals surface area contributed by atoms with Gasteiger partial charge in [-0.05, 0) is 32.9 Å². The van der Waals surface area contributed by atoms with E-state index < -0.39 is 0 Å². The second-order valence-electron chi connectivity index (χ2n) is 6.90. The Morgan fingerprint density at radius 2 is 1.84 bits per heavy atom. The maximum absolute atomic E-state index is 11.0. The topological polar surface area (TPSA) is 62.1 Å². The zero-order valence-corrected chi connectivity index (χ0v) is 15.2. The molecular weight excluding hydrogens is 320 g/mol. The van der Waals surface area contributed by atoms with Gasteiger partial charge in [-0.25, -0.2) is 0 Å². The number of benzene rings is 1. The van der Waals surface area contributed by atoms with Gasteiger partial charge < -0.3 is 14.5 Å². The number of anilines is 1. The molecule has 2 fully saturated rings. The predicted molar refractivity (Wildman–Crippen MR) is 98.6 cm³/mol. The molecule has 3 rings (SSSR count). The Labute approximate surface area is 149 Å². The van der Waals surface area contributed by atoms with Gasteiger partial charge in [0, 0.05) is 51.4 Å². The minimum absolute atomic E-state index is 0.0829. The molecule has 25 heavy (non-hydrogen) atoms. The van der Waals surface area contributed by atoms with E-state index >= 15 is 0 Å². The Morgan fingerprint density at radius 1 is 1.16 bits per heavy atom. The molecule has 2 aliphatic heterocycles. The highest BCUT2D eigenvalue weighted by Gasteiger charge is 2.28. The van der Waals surface area contributed by atoms with E-state index in [0.717, 1.165) is 57.8 Å². The lowest BCUT2D eigenvalue weighted by Crippen LogP contribution is -2.52. The summed E-state index contributed by atoms with van der Waals surface area (Å²) in [6, 6.07) is 5.60. The van der Waals surface area contributed by atoms with Crippen LogP contribution >= 0.6 is 0 Å². The summed E-state index contributed by atoms with van der Waals surface area (Å²) in [5.74, 6) is 0.620. The predicted octanol–water partition coefficient (Wildman–Crippen LogP) is 2.21. The zero-order valence-electron chi connectivity index (χ0n) is 15.2. The van der Waals surface area contributed by atoms with Gasteiger partial charge in [0.1, 0.15) is 5.75 Å². The van der Waals surface area contributed by atoms with Crippen LogP contribution in [-0.4, -0.2) is 73.7 Å².